The van der Waals surface area contributed by atoms with Gasteiger partial charge >= 0.3 is 0 Å². The smallest absolute Gasteiger partial charge is 0.252 e. The SMILES string of the molecule is CNc1ncc(C(=O)NCCOC)cc1Cl. The zero-order chi connectivity index (χ0) is 12.0. The normalized spacial score (nSPS) is 9.94. The van der Waals surface area contributed by atoms with Gasteiger partial charge in [0.2, 0.25) is 0 Å². The van der Waals surface area contributed by atoms with E-state index in [0.29, 0.717) is 29.6 Å². The Hall–Kier alpha value is -1.33. The van der Waals surface area contributed by atoms with Crippen molar-refractivity contribution in [2.45, 2.75) is 0 Å². The summed E-state index contributed by atoms with van der Waals surface area (Å²) in [5.74, 6) is 0.337. The van der Waals surface area contributed by atoms with Crippen LogP contribution in [-0.4, -0.2) is 38.2 Å². The van der Waals surface area contributed by atoms with Gasteiger partial charge in [0, 0.05) is 26.9 Å². The number of hydrogen-bond donors (Lipinski definition) is 2. The van der Waals surface area contributed by atoms with Crippen LogP contribution in [0, 0.1) is 0 Å². The number of aromatic nitrogens is 1. The molecule has 2 N–H and O–H groups in total. The summed E-state index contributed by atoms with van der Waals surface area (Å²) in [4.78, 5) is 15.6. The Morgan fingerprint density at radius 3 is 2.94 bits per heavy atom. The monoisotopic (exact) mass is 243 g/mol. The molecule has 0 aliphatic rings. The third-order valence-corrected chi connectivity index (χ3v) is 2.22. The van der Waals surface area contributed by atoms with Crippen LogP contribution in [-0.2, 0) is 4.74 Å². The quantitative estimate of drug-likeness (QED) is 0.762. The Kier molecular flexibility index (Phi) is 5.01. The van der Waals surface area contributed by atoms with E-state index in [9.17, 15) is 4.79 Å². The lowest BCUT2D eigenvalue weighted by Gasteiger charge is -2.06. The van der Waals surface area contributed by atoms with E-state index in [0.717, 1.165) is 0 Å². The zero-order valence-corrected chi connectivity index (χ0v) is 9.97. The van der Waals surface area contributed by atoms with Gasteiger partial charge in [0.15, 0.2) is 0 Å². The lowest BCUT2D eigenvalue weighted by Crippen LogP contribution is -2.27. The number of pyridine rings is 1. The van der Waals surface area contributed by atoms with Crippen molar-refractivity contribution in [3.8, 4) is 0 Å². The molecule has 0 unspecified atom stereocenters. The van der Waals surface area contributed by atoms with E-state index in [1.807, 2.05) is 0 Å². The molecule has 0 saturated carbocycles. The maximum atomic E-state index is 11.6. The molecule has 0 saturated heterocycles. The number of methoxy groups -OCH3 is 1. The first-order chi connectivity index (χ1) is 7.69. The Bertz CT molecular complexity index is 371. The Morgan fingerprint density at radius 2 is 2.38 bits per heavy atom. The van der Waals surface area contributed by atoms with Gasteiger partial charge in [-0.05, 0) is 6.07 Å². The molecule has 0 fully saturated rings. The van der Waals surface area contributed by atoms with Crippen LogP contribution >= 0.6 is 11.6 Å². The molecule has 88 valence electrons. The summed E-state index contributed by atoms with van der Waals surface area (Å²) in [5.41, 5.74) is 0.431. The number of carbonyl (C=O) groups is 1. The number of anilines is 1. The van der Waals surface area contributed by atoms with Crippen molar-refractivity contribution in [1.82, 2.24) is 10.3 Å². The molecule has 16 heavy (non-hydrogen) atoms. The lowest BCUT2D eigenvalue weighted by molar-refractivity contribution is 0.0937. The van der Waals surface area contributed by atoms with E-state index in [1.165, 1.54) is 6.20 Å². The first-order valence-electron chi connectivity index (χ1n) is 4.79. The van der Waals surface area contributed by atoms with Gasteiger partial charge < -0.3 is 15.4 Å². The molecule has 0 bridgehead atoms. The molecule has 0 aliphatic heterocycles. The highest BCUT2D eigenvalue weighted by Crippen LogP contribution is 2.19. The maximum absolute atomic E-state index is 11.6. The predicted octanol–water partition coefficient (Wildman–Crippen LogP) is 1.15. The summed E-state index contributed by atoms with van der Waals surface area (Å²) < 4.78 is 4.82. The van der Waals surface area contributed by atoms with Crippen LogP contribution in [0.25, 0.3) is 0 Å². The fourth-order valence-corrected chi connectivity index (χ4v) is 1.38. The van der Waals surface area contributed by atoms with Gasteiger partial charge in [0.05, 0.1) is 17.2 Å². The van der Waals surface area contributed by atoms with Crippen LogP contribution in [0.1, 0.15) is 10.4 Å². The van der Waals surface area contributed by atoms with Gasteiger partial charge in [-0.15, -0.1) is 0 Å². The van der Waals surface area contributed by atoms with Gasteiger partial charge in [0.1, 0.15) is 5.82 Å². The van der Waals surface area contributed by atoms with Crippen LogP contribution in [0.4, 0.5) is 5.82 Å². The minimum atomic E-state index is -0.214. The number of rotatable bonds is 5. The molecule has 0 radical (unpaired) electrons. The number of nitrogens with one attached hydrogen (secondary N) is 2. The third kappa shape index (κ3) is 3.36. The highest BCUT2D eigenvalue weighted by Gasteiger charge is 2.08. The first-order valence-corrected chi connectivity index (χ1v) is 5.17. The molecule has 1 rings (SSSR count). The van der Waals surface area contributed by atoms with Crippen molar-refractivity contribution < 1.29 is 9.53 Å². The van der Waals surface area contributed by atoms with Crippen LogP contribution in [0.15, 0.2) is 12.3 Å². The average molecular weight is 244 g/mol. The van der Waals surface area contributed by atoms with E-state index in [4.69, 9.17) is 16.3 Å². The second-order valence-electron chi connectivity index (χ2n) is 3.05. The summed E-state index contributed by atoms with van der Waals surface area (Å²) in [6.07, 6.45) is 1.47. The number of hydrogen-bond acceptors (Lipinski definition) is 4. The molecule has 0 aromatic carbocycles. The summed E-state index contributed by atoms with van der Waals surface area (Å²) in [7, 11) is 3.29. The second-order valence-corrected chi connectivity index (χ2v) is 3.46. The van der Waals surface area contributed by atoms with Crippen LogP contribution in [0.5, 0.6) is 0 Å². The van der Waals surface area contributed by atoms with Gasteiger partial charge in [-0.2, -0.15) is 0 Å². The summed E-state index contributed by atoms with van der Waals surface area (Å²) >= 11 is 5.91. The van der Waals surface area contributed by atoms with Crippen molar-refractivity contribution >= 4 is 23.3 Å². The average Bonchev–Trinajstić information content (AvgIpc) is 2.29. The lowest BCUT2D eigenvalue weighted by atomic mass is 10.2. The Labute approximate surface area is 99.2 Å². The minimum Gasteiger partial charge on any atom is -0.383 e. The van der Waals surface area contributed by atoms with Crippen molar-refractivity contribution in [1.29, 1.82) is 0 Å². The third-order valence-electron chi connectivity index (χ3n) is 1.93. The summed E-state index contributed by atoms with van der Waals surface area (Å²) in [6.45, 7) is 0.933. The Balaban J connectivity index is 2.66. The number of nitrogens with zero attached hydrogens (tertiary/aromatic N) is 1. The molecular weight excluding hydrogens is 230 g/mol. The molecule has 1 aromatic heterocycles. The molecule has 1 heterocycles. The number of carbonyl (C=O) groups excluding carboxylic acids is 1. The summed E-state index contributed by atoms with van der Waals surface area (Å²) in [6, 6.07) is 1.57. The first kappa shape index (κ1) is 12.7. The van der Waals surface area contributed by atoms with Gasteiger partial charge in [-0.25, -0.2) is 4.98 Å². The van der Waals surface area contributed by atoms with E-state index < -0.39 is 0 Å². The molecule has 0 aliphatic carbocycles. The summed E-state index contributed by atoms with van der Waals surface area (Å²) in [5, 5.41) is 5.92. The second kappa shape index (κ2) is 6.30. The minimum absolute atomic E-state index is 0.214. The van der Waals surface area contributed by atoms with Crippen molar-refractivity contribution in [3.05, 3.63) is 22.8 Å². The standard InChI is InChI=1S/C10H14ClN3O2/c1-12-9-8(11)5-7(6-14-9)10(15)13-3-4-16-2/h5-6H,3-4H2,1-2H3,(H,12,14)(H,13,15). The van der Waals surface area contributed by atoms with Gasteiger partial charge in [-0.3, -0.25) is 4.79 Å². The van der Waals surface area contributed by atoms with E-state index in [1.54, 1.807) is 20.2 Å². The highest BCUT2D eigenvalue weighted by atomic mass is 35.5. The molecule has 1 aromatic rings. The molecule has 0 atom stereocenters. The van der Waals surface area contributed by atoms with Gasteiger partial charge in [0.25, 0.3) is 5.91 Å². The van der Waals surface area contributed by atoms with Crippen molar-refractivity contribution in [2.24, 2.45) is 0 Å². The van der Waals surface area contributed by atoms with Crippen LogP contribution < -0.4 is 10.6 Å². The zero-order valence-electron chi connectivity index (χ0n) is 9.21. The van der Waals surface area contributed by atoms with E-state index >= 15 is 0 Å². The topological polar surface area (TPSA) is 63.2 Å². The molecule has 5 nitrogen and oxygen atoms in total. The molecule has 0 spiro atoms. The number of amides is 1. The van der Waals surface area contributed by atoms with Crippen LogP contribution in [0.2, 0.25) is 5.02 Å². The molecular formula is C10H14ClN3O2. The van der Waals surface area contributed by atoms with E-state index in [-0.39, 0.29) is 5.91 Å². The molecule has 6 heteroatoms. The largest absolute Gasteiger partial charge is 0.383 e. The predicted molar refractivity (Wildman–Crippen MR) is 63.0 cm³/mol. The van der Waals surface area contributed by atoms with Crippen LogP contribution in [0.3, 0.4) is 0 Å². The highest BCUT2D eigenvalue weighted by molar-refractivity contribution is 6.33. The van der Waals surface area contributed by atoms with Crippen molar-refractivity contribution in [3.63, 3.8) is 0 Å². The fourth-order valence-electron chi connectivity index (χ4n) is 1.11. The van der Waals surface area contributed by atoms with Crippen molar-refractivity contribution in [2.75, 3.05) is 32.6 Å². The van der Waals surface area contributed by atoms with Gasteiger partial charge in [-0.1, -0.05) is 11.6 Å². The maximum Gasteiger partial charge on any atom is 0.252 e. The number of halogens is 1. The molecule has 1 amide bonds. The van der Waals surface area contributed by atoms with E-state index in [2.05, 4.69) is 15.6 Å². The Morgan fingerprint density at radius 1 is 1.62 bits per heavy atom. The fraction of sp³-hybridized carbons (Fsp3) is 0.400. The number of ether oxygens (including phenoxy) is 1.